The summed E-state index contributed by atoms with van der Waals surface area (Å²) in [5.41, 5.74) is 16.5. The summed E-state index contributed by atoms with van der Waals surface area (Å²) in [7, 11) is 0. The maximum Gasteiger partial charge on any atom is 0.0541 e. The highest BCUT2D eigenvalue weighted by atomic mass is 15.1. The summed E-state index contributed by atoms with van der Waals surface area (Å²) in [4.78, 5) is 2.42. The Hall–Kier alpha value is -8.98. The van der Waals surface area contributed by atoms with Crippen LogP contribution < -0.4 is 4.90 Å². The van der Waals surface area contributed by atoms with Crippen molar-refractivity contribution >= 4 is 71.2 Å². The summed E-state index contributed by atoms with van der Waals surface area (Å²) in [6, 6.07) is 97.5. The van der Waals surface area contributed by atoms with Crippen LogP contribution in [0.2, 0.25) is 0 Å². The van der Waals surface area contributed by atoms with Crippen LogP contribution in [0.15, 0.2) is 267 Å². The molecule has 0 spiro atoms. The van der Waals surface area contributed by atoms with E-state index in [1.54, 1.807) is 0 Å². The Labute approximate surface area is 395 Å². The van der Waals surface area contributed by atoms with E-state index >= 15 is 0 Å². The van der Waals surface area contributed by atoms with E-state index in [0.717, 1.165) is 28.3 Å². The number of benzene rings is 12. The average Bonchev–Trinajstić information content (AvgIpc) is 3.75. The summed E-state index contributed by atoms with van der Waals surface area (Å²) in [5, 5.41) is 9.90. The van der Waals surface area contributed by atoms with Gasteiger partial charge in [0.05, 0.1) is 16.7 Å². The quantitative estimate of drug-likeness (QED) is 0.138. The molecule has 0 saturated heterocycles. The molecule has 12 aromatic carbocycles. The molecule has 13 aromatic rings. The molecule has 0 aliphatic rings. The van der Waals surface area contributed by atoms with Crippen LogP contribution in [-0.4, -0.2) is 4.57 Å². The summed E-state index contributed by atoms with van der Waals surface area (Å²) in [5.74, 6) is 0. The zero-order valence-electron chi connectivity index (χ0n) is 37.3. The lowest BCUT2D eigenvalue weighted by atomic mass is 9.84. The third kappa shape index (κ3) is 6.65. The van der Waals surface area contributed by atoms with E-state index in [-0.39, 0.29) is 0 Å². The molecule has 0 aliphatic heterocycles. The SMILES string of the molecule is c1ccc(-c2c(-c3ccccc3)c3cc(-c4ccc(N(c5cccc(-c6ccc7c(c6)c6ccccc6n7-c6ccccc6)c5)c5cccc6ccccc56)cc4)ccc3c3ccccc23)cc1. The second kappa shape index (κ2) is 16.5. The van der Waals surface area contributed by atoms with Gasteiger partial charge in [-0.2, -0.15) is 0 Å². The van der Waals surface area contributed by atoms with Crippen molar-refractivity contribution in [1.29, 1.82) is 0 Å². The molecule has 0 saturated carbocycles. The highest BCUT2D eigenvalue weighted by Crippen LogP contribution is 2.47. The average molecular weight is 865 g/mol. The molecule has 1 aromatic heterocycles. The first-order valence-electron chi connectivity index (χ1n) is 23.4. The minimum atomic E-state index is 1.09. The van der Waals surface area contributed by atoms with Crippen LogP contribution in [0, 0.1) is 0 Å². The van der Waals surface area contributed by atoms with Crippen LogP contribution in [0.25, 0.3) is 104 Å². The Morgan fingerprint density at radius 2 is 0.750 bits per heavy atom. The summed E-state index contributed by atoms with van der Waals surface area (Å²) in [6.45, 7) is 0. The minimum absolute atomic E-state index is 1.09. The molecule has 0 unspecified atom stereocenters. The zero-order chi connectivity index (χ0) is 45.0. The predicted octanol–water partition coefficient (Wildman–Crippen LogP) is 18.4. The standard InChI is InChI=1S/C66H44N2/c1-4-19-47(20-5-1)65-59-31-13-12-29-56(59)57-40-36-50(44-61(57)66(65)48-21-6-2-7-22-48)45-34-38-53(39-35-45)67(62-33-17-23-46-18-10-11-28-55(46)62)54-27-16-24-49(42-54)51-37-41-64-60(43-51)58-30-14-15-32-63(58)68(64)52-25-8-3-9-26-52/h1-44H. The van der Waals surface area contributed by atoms with Crippen molar-refractivity contribution < 1.29 is 0 Å². The molecule has 13 rings (SSSR count). The van der Waals surface area contributed by atoms with E-state index in [4.69, 9.17) is 0 Å². The first kappa shape index (κ1) is 39.4. The molecule has 0 radical (unpaired) electrons. The second-order valence-electron chi connectivity index (χ2n) is 17.6. The molecule has 0 N–H and O–H groups in total. The van der Waals surface area contributed by atoms with E-state index in [1.807, 2.05) is 0 Å². The number of aromatic nitrogens is 1. The topological polar surface area (TPSA) is 8.17 Å². The molecule has 1 heterocycles. The number of hydrogen-bond acceptors (Lipinski definition) is 1. The molecular formula is C66H44N2. The van der Waals surface area contributed by atoms with Crippen LogP contribution in [-0.2, 0) is 0 Å². The molecule has 68 heavy (non-hydrogen) atoms. The summed E-state index contributed by atoms with van der Waals surface area (Å²) in [6.07, 6.45) is 0. The van der Waals surface area contributed by atoms with E-state index in [0.29, 0.717) is 0 Å². The Balaban J connectivity index is 0.948. The molecule has 0 fully saturated rings. The lowest BCUT2D eigenvalue weighted by Crippen LogP contribution is -2.10. The van der Waals surface area contributed by atoms with Gasteiger partial charge < -0.3 is 9.47 Å². The van der Waals surface area contributed by atoms with Crippen molar-refractivity contribution in [2.45, 2.75) is 0 Å². The van der Waals surface area contributed by atoms with E-state index in [1.165, 1.54) is 93.1 Å². The predicted molar refractivity (Wildman–Crippen MR) is 290 cm³/mol. The zero-order valence-corrected chi connectivity index (χ0v) is 37.3. The van der Waals surface area contributed by atoms with Gasteiger partial charge in [0.15, 0.2) is 0 Å². The van der Waals surface area contributed by atoms with Gasteiger partial charge in [-0.05, 0) is 138 Å². The molecule has 0 atom stereocenters. The van der Waals surface area contributed by atoms with E-state index in [2.05, 4.69) is 276 Å². The molecule has 2 heteroatoms. The first-order chi connectivity index (χ1) is 33.7. The van der Waals surface area contributed by atoms with Crippen molar-refractivity contribution in [3.63, 3.8) is 0 Å². The minimum Gasteiger partial charge on any atom is -0.310 e. The molecule has 318 valence electrons. The van der Waals surface area contributed by atoms with E-state index < -0.39 is 0 Å². The van der Waals surface area contributed by atoms with Gasteiger partial charge in [0.1, 0.15) is 0 Å². The Bertz CT molecular complexity index is 4000. The largest absolute Gasteiger partial charge is 0.310 e. The van der Waals surface area contributed by atoms with Crippen LogP contribution in [0.1, 0.15) is 0 Å². The molecule has 0 bridgehead atoms. The number of anilines is 3. The monoisotopic (exact) mass is 864 g/mol. The fourth-order valence-electron chi connectivity index (χ4n) is 10.6. The van der Waals surface area contributed by atoms with Gasteiger partial charge in [0.2, 0.25) is 0 Å². The van der Waals surface area contributed by atoms with Crippen LogP contribution >= 0.6 is 0 Å². The Kier molecular flexibility index (Phi) is 9.54. The fourth-order valence-corrected chi connectivity index (χ4v) is 10.6. The van der Waals surface area contributed by atoms with Crippen molar-refractivity contribution in [2.24, 2.45) is 0 Å². The van der Waals surface area contributed by atoms with Gasteiger partial charge >= 0.3 is 0 Å². The highest BCUT2D eigenvalue weighted by molar-refractivity contribution is 6.22. The highest BCUT2D eigenvalue weighted by Gasteiger charge is 2.20. The van der Waals surface area contributed by atoms with Crippen molar-refractivity contribution in [3.05, 3.63) is 267 Å². The first-order valence-corrected chi connectivity index (χ1v) is 23.4. The summed E-state index contributed by atoms with van der Waals surface area (Å²) >= 11 is 0. The Morgan fingerprint density at radius 3 is 1.51 bits per heavy atom. The third-order valence-corrected chi connectivity index (χ3v) is 13.7. The van der Waals surface area contributed by atoms with Gasteiger partial charge in [0, 0.05) is 33.2 Å². The lowest BCUT2D eigenvalue weighted by Gasteiger charge is -2.27. The van der Waals surface area contributed by atoms with Gasteiger partial charge in [-0.3, -0.25) is 0 Å². The maximum absolute atomic E-state index is 2.42. The smallest absolute Gasteiger partial charge is 0.0541 e. The van der Waals surface area contributed by atoms with Gasteiger partial charge in [-0.15, -0.1) is 0 Å². The Morgan fingerprint density at radius 1 is 0.250 bits per heavy atom. The molecule has 0 amide bonds. The van der Waals surface area contributed by atoms with Gasteiger partial charge in [-0.25, -0.2) is 0 Å². The molecular weight excluding hydrogens is 821 g/mol. The van der Waals surface area contributed by atoms with Gasteiger partial charge in [0.25, 0.3) is 0 Å². The number of nitrogens with zero attached hydrogens (tertiary/aromatic N) is 2. The van der Waals surface area contributed by atoms with Crippen molar-refractivity contribution in [2.75, 3.05) is 4.90 Å². The van der Waals surface area contributed by atoms with E-state index in [9.17, 15) is 0 Å². The molecule has 2 nitrogen and oxygen atoms in total. The van der Waals surface area contributed by atoms with Crippen molar-refractivity contribution in [1.82, 2.24) is 4.57 Å². The van der Waals surface area contributed by atoms with Gasteiger partial charge in [-0.1, -0.05) is 200 Å². The van der Waals surface area contributed by atoms with Crippen LogP contribution in [0.3, 0.4) is 0 Å². The second-order valence-corrected chi connectivity index (χ2v) is 17.6. The molecule has 0 aliphatic carbocycles. The van der Waals surface area contributed by atoms with Crippen LogP contribution in [0.4, 0.5) is 17.1 Å². The lowest BCUT2D eigenvalue weighted by molar-refractivity contribution is 1.18. The van der Waals surface area contributed by atoms with Crippen LogP contribution in [0.5, 0.6) is 0 Å². The number of rotatable bonds is 8. The van der Waals surface area contributed by atoms with Crippen molar-refractivity contribution in [3.8, 4) is 50.2 Å². The normalized spacial score (nSPS) is 11.5. The maximum atomic E-state index is 2.42. The number of hydrogen-bond donors (Lipinski definition) is 0. The fraction of sp³-hybridized carbons (Fsp3) is 0. The number of fused-ring (bicyclic) bond motifs is 7. The summed E-state index contributed by atoms with van der Waals surface area (Å²) < 4.78 is 2.38. The number of para-hydroxylation sites is 2. The third-order valence-electron chi connectivity index (χ3n) is 13.7.